The van der Waals surface area contributed by atoms with Gasteiger partial charge in [0.15, 0.2) is 22.8 Å². The van der Waals surface area contributed by atoms with E-state index >= 15 is 0 Å². The molecule has 13 heterocycles. The lowest BCUT2D eigenvalue weighted by Crippen LogP contribution is -1.92. The van der Waals surface area contributed by atoms with Crippen molar-refractivity contribution in [1.82, 2.24) is 108 Å². The van der Waals surface area contributed by atoms with Gasteiger partial charge in [-0.3, -0.25) is 15.1 Å². The number of H-pyrrole nitrogens is 1. The fourth-order valence-electron chi connectivity index (χ4n) is 8.84. The van der Waals surface area contributed by atoms with Crippen LogP contribution in [0, 0.1) is 62.3 Å². The van der Waals surface area contributed by atoms with Crippen molar-refractivity contribution in [2.24, 2.45) is 14.1 Å². The predicted molar refractivity (Wildman–Crippen MR) is 352 cm³/mol. The van der Waals surface area contributed by atoms with E-state index in [0.717, 1.165) is 67.8 Å². The molecule has 1 N–H and O–H groups in total. The average molecular weight is 1190 g/mol. The number of hydrogen-bond donors (Lipinski definition) is 1. The van der Waals surface area contributed by atoms with Crippen molar-refractivity contribution in [3.63, 3.8) is 0 Å². The van der Waals surface area contributed by atoms with Gasteiger partial charge in [-0.25, -0.2) is 69.5 Å². The summed E-state index contributed by atoms with van der Waals surface area (Å²) in [7, 11) is 4.15. The van der Waals surface area contributed by atoms with Crippen molar-refractivity contribution in [2.75, 3.05) is 0 Å². The number of pyridine rings is 3. The average Bonchev–Trinajstić information content (AvgIpc) is 4.03. The molecule has 22 nitrogen and oxygen atoms in total. The molecule has 0 unspecified atom stereocenters. The molecule has 0 saturated carbocycles. The number of hydrogen-bond acceptors (Lipinski definition) is 17. The number of nitrogens with one attached hydrogen (secondary N) is 1. The third-order valence-electron chi connectivity index (χ3n) is 13.8. The van der Waals surface area contributed by atoms with E-state index in [1.807, 2.05) is 176 Å². The van der Waals surface area contributed by atoms with Gasteiger partial charge in [-0.05, 0) is 140 Å². The number of imidazole rings is 2. The van der Waals surface area contributed by atoms with Gasteiger partial charge in [0, 0.05) is 110 Å². The number of aryl methyl sites for hydroxylation is 10. The van der Waals surface area contributed by atoms with Gasteiger partial charge in [0.05, 0.1) is 40.5 Å². The number of aromatic amines is 1. The molecule has 0 fully saturated rings. The van der Waals surface area contributed by atoms with Crippen LogP contribution in [0.1, 0.15) is 51.4 Å². The highest BCUT2D eigenvalue weighted by Gasteiger charge is 2.07. The Morgan fingerprint density at radius 1 is 0.467 bits per heavy atom. The van der Waals surface area contributed by atoms with Crippen LogP contribution in [0.3, 0.4) is 0 Å². The first kappa shape index (κ1) is 62.7. The normalized spacial score (nSPS) is 10.4. The van der Waals surface area contributed by atoms with Crippen molar-refractivity contribution in [3.8, 4) is 17.1 Å². The smallest absolute Gasteiger partial charge is 0.182 e. The molecule has 90 heavy (non-hydrogen) atoms. The molecule has 0 bridgehead atoms. The second kappa shape index (κ2) is 30.5. The fraction of sp³-hybridized carbons (Fsp3) is 0.162. The first-order valence-corrected chi connectivity index (χ1v) is 28.7. The summed E-state index contributed by atoms with van der Waals surface area (Å²) in [4.78, 5) is 61.4. The van der Waals surface area contributed by atoms with Crippen LogP contribution in [0.5, 0.6) is 0 Å². The predicted octanol–water partition coefficient (Wildman–Crippen LogP) is 12.5. The molecule has 22 heteroatoms. The minimum atomic E-state index is 0.653. The molecule has 3 aromatic carbocycles. The van der Waals surface area contributed by atoms with Crippen molar-refractivity contribution >= 4 is 61.1 Å². The molecule has 0 aliphatic carbocycles. The maximum absolute atomic E-state index is 4.38. The third kappa shape index (κ3) is 16.6. The summed E-state index contributed by atoms with van der Waals surface area (Å²) in [5, 5.41) is 12.4. The Balaban J connectivity index is 0.000000122. The Morgan fingerprint density at radius 2 is 1.17 bits per heavy atom. The molecule has 0 radical (unpaired) electrons. The van der Waals surface area contributed by atoms with Gasteiger partial charge in [-0.15, -0.1) is 0 Å². The molecule has 13 aromatic heterocycles. The van der Waals surface area contributed by atoms with Gasteiger partial charge >= 0.3 is 0 Å². The summed E-state index contributed by atoms with van der Waals surface area (Å²) in [6.45, 7) is 17.9. The number of aromatic nitrogens is 22. The van der Waals surface area contributed by atoms with Crippen LogP contribution < -0.4 is 0 Å². The number of benzene rings is 3. The Kier molecular flexibility index (Phi) is 21.3. The van der Waals surface area contributed by atoms with Crippen LogP contribution in [0.2, 0.25) is 0 Å². The lowest BCUT2D eigenvalue weighted by Gasteiger charge is -1.98. The number of para-hydroxylation sites is 4. The summed E-state index contributed by atoms with van der Waals surface area (Å²) >= 11 is 0. The largest absolute Gasteiger partial charge is 0.348 e. The van der Waals surface area contributed by atoms with E-state index < -0.39 is 0 Å². The second-order valence-corrected chi connectivity index (χ2v) is 20.3. The summed E-state index contributed by atoms with van der Waals surface area (Å²) in [6.07, 6.45) is 24.3. The van der Waals surface area contributed by atoms with Crippen LogP contribution in [-0.2, 0) is 14.1 Å². The second-order valence-electron chi connectivity index (χ2n) is 20.3. The summed E-state index contributed by atoms with van der Waals surface area (Å²) in [6, 6.07) is 40.3. The van der Waals surface area contributed by atoms with E-state index in [-0.39, 0.29) is 0 Å². The van der Waals surface area contributed by atoms with Crippen molar-refractivity contribution in [3.05, 3.63) is 260 Å². The number of rotatable bonds is 2. The van der Waals surface area contributed by atoms with E-state index in [1.54, 1.807) is 55.8 Å². The van der Waals surface area contributed by atoms with Crippen molar-refractivity contribution < 1.29 is 0 Å². The topological polar surface area (TPSA) is 254 Å². The van der Waals surface area contributed by atoms with E-state index in [9.17, 15) is 0 Å². The van der Waals surface area contributed by atoms with Crippen LogP contribution in [0.25, 0.3) is 78.2 Å². The van der Waals surface area contributed by atoms with Gasteiger partial charge in [0.2, 0.25) is 0 Å². The molecule has 0 spiro atoms. The quantitative estimate of drug-likeness (QED) is 0.169. The summed E-state index contributed by atoms with van der Waals surface area (Å²) in [5.74, 6) is 3.29. The lowest BCUT2D eigenvalue weighted by molar-refractivity contribution is 0.880. The van der Waals surface area contributed by atoms with Crippen LogP contribution in [-0.4, -0.2) is 108 Å². The maximum Gasteiger partial charge on any atom is 0.182 e. The van der Waals surface area contributed by atoms with Gasteiger partial charge in [-0.1, -0.05) is 54.6 Å². The molecule has 450 valence electrons. The fourth-order valence-corrected chi connectivity index (χ4v) is 8.84. The van der Waals surface area contributed by atoms with Crippen molar-refractivity contribution in [2.45, 2.75) is 62.3 Å². The van der Waals surface area contributed by atoms with Crippen LogP contribution >= 0.6 is 0 Å². The van der Waals surface area contributed by atoms with Gasteiger partial charge in [0.25, 0.3) is 0 Å². The van der Waals surface area contributed by atoms with Gasteiger partial charge < -0.3 is 13.5 Å². The molecule has 0 amide bonds. The molecule has 16 rings (SSSR count). The highest BCUT2D eigenvalue weighted by Crippen LogP contribution is 2.23. The highest BCUT2D eigenvalue weighted by atomic mass is 15.3. The van der Waals surface area contributed by atoms with Crippen molar-refractivity contribution in [1.29, 1.82) is 0 Å². The lowest BCUT2D eigenvalue weighted by atomic mass is 10.2. The summed E-state index contributed by atoms with van der Waals surface area (Å²) < 4.78 is 8.26. The summed E-state index contributed by atoms with van der Waals surface area (Å²) in [5.41, 5.74) is 17.9. The first-order chi connectivity index (χ1) is 43.7. The Bertz CT molecular complexity index is 4690. The van der Waals surface area contributed by atoms with Crippen LogP contribution in [0.4, 0.5) is 0 Å². The molecular formula is C68H68N22. The Labute approximate surface area is 520 Å². The zero-order valence-corrected chi connectivity index (χ0v) is 52.0. The minimum absolute atomic E-state index is 0.653. The highest BCUT2D eigenvalue weighted by molar-refractivity contribution is 5.85. The first-order valence-electron chi connectivity index (χ1n) is 28.7. The minimum Gasteiger partial charge on any atom is -0.348 e. The molecule has 0 aliphatic rings. The van der Waals surface area contributed by atoms with Crippen LogP contribution in [0.15, 0.2) is 208 Å². The third-order valence-corrected chi connectivity index (χ3v) is 13.8. The standard InChI is InChI=1S/C11H13N.C10H10N2.C9H10N2.C8H8N4.C8H7N3.C8H8N2.2C7H6N4/c1-8-9(2)12(3)11-7-5-4-6-10(8)11;1-9-7-11-12(8-9)10-5-3-2-4-6-10;1-7-10-8-5-3-4-6-9(8)11(7)2;1-6-10-8(12-11-6)7-3-2-4-9-5-7;1-6-5-10-7-3-2-4-9-8(7)11-6;1-7-6-9-8-4-2-3-5-10(7)8;1-5-6-7(11-4-10-5)9-3-2-8-6;1-5-10-4-6-7(11-5)9-3-2-8-6/h4-7H,1-3H3;2-8H,1H3;3-6H,1-2H3;2-5H,1H3,(H,10,11,12);2-5H,1H3;2-6H,1H3;2*2-4H,1H3. The van der Waals surface area contributed by atoms with E-state index in [1.165, 1.54) is 45.3 Å². The molecule has 16 aromatic rings. The van der Waals surface area contributed by atoms with E-state index in [4.69, 9.17) is 0 Å². The van der Waals surface area contributed by atoms with E-state index in [0.29, 0.717) is 22.8 Å². The SMILES string of the molecule is Cc1c(C)n(C)c2ccccc12.Cc1cnc2ccccn12.Cc1cnc2cccnc2n1.Cc1cnn(-c2ccccc2)c1.Cc1nc(-c2cccnc2)n[nH]1.Cc1nc2ccccc2n1C.Cc1ncc2nccnc2n1.Cc1ncnc2nccnc12. The number of fused-ring (bicyclic) bond motifs is 6. The maximum atomic E-state index is 4.38. The van der Waals surface area contributed by atoms with E-state index in [2.05, 4.69) is 155 Å². The monoisotopic (exact) mass is 1190 g/mol. The Morgan fingerprint density at radius 3 is 1.89 bits per heavy atom. The molecule has 0 atom stereocenters. The zero-order chi connectivity index (χ0) is 63.4. The van der Waals surface area contributed by atoms with Gasteiger partial charge in [-0.2, -0.15) is 10.2 Å². The molecule has 0 saturated heterocycles. The zero-order valence-electron chi connectivity index (χ0n) is 52.0. The van der Waals surface area contributed by atoms with Gasteiger partial charge in [0.1, 0.15) is 46.0 Å². The Hall–Kier alpha value is -11.8. The molecule has 0 aliphatic heterocycles. The number of nitrogens with zero attached hydrogens (tertiary/aromatic N) is 21. The molecular weight excluding hydrogens is 1120 g/mol.